The zero-order valence-corrected chi connectivity index (χ0v) is 12.6. The Morgan fingerprint density at radius 1 is 1.33 bits per heavy atom. The zero-order valence-electron chi connectivity index (χ0n) is 12.6. The predicted molar refractivity (Wildman–Crippen MR) is 80.2 cm³/mol. The van der Waals surface area contributed by atoms with Gasteiger partial charge in [-0.05, 0) is 38.0 Å². The number of hydrogen-bond donors (Lipinski definition) is 2. The van der Waals surface area contributed by atoms with Gasteiger partial charge in [0.15, 0.2) is 0 Å². The molecule has 0 radical (unpaired) electrons. The zero-order chi connectivity index (χ0) is 15.5. The molecule has 0 aromatic heterocycles. The monoisotopic (exact) mass is 290 g/mol. The van der Waals surface area contributed by atoms with Gasteiger partial charge in [0, 0.05) is 36.7 Å². The first-order valence-electron chi connectivity index (χ1n) is 7.26. The highest BCUT2D eigenvalue weighted by atomic mass is 16.3. The average Bonchev–Trinajstić information content (AvgIpc) is 3.31. The third-order valence-electron chi connectivity index (χ3n) is 4.11. The molecule has 0 saturated heterocycles. The van der Waals surface area contributed by atoms with Crippen LogP contribution < -0.4 is 5.32 Å². The first-order chi connectivity index (χ1) is 10.0. The van der Waals surface area contributed by atoms with Gasteiger partial charge in [0.1, 0.15) is 0 Å². The van der Waals surface area contributed by atoms with E-state index >= 15 is 0 Å². The fourth-order valence-electron chi connectivity index (χ4n) is 2.09. The van der Waals surface area contributed by atoms with Crippen LogP contribution in [0.25, 0.3) is 0 Å². The summed E-state index contributed by atoms with van der Waals surface area (Å²) in [6.07, 6.45) is 1.90. The van der Waals surface area contributed by atoms with E-state index in [0.717, 1.165) is 12.8 Å². The van der Waals surface area contributed by atoms with E-state index in [1.54, 1.807) is 36.2 Å². The molecule has 0 heterocycles. The largest absolute Gasteiger partial charge is 0.396 e. The second-order valence-corrected chi connectivity index (χ2v) is 5.74. The first-order valence-corrected chi connectivity index (χ1v) is 7.26. The smallest absolute Gasteiger partial charge is 0.253 e. The van der Waals surface area contributed by atoms with E-state index in [9.17, 15) is 14.7 Å². The van der Waals surface area contributed by atoms with Crippen LogP contribution in [-0.2, 0) is 0 Å². The number of nitrogens with one attached hydrogen (secondary N) is 1. The van der Waals surface area contributed by atoms with Crippen molar-refractivity contribution < 1.29 is 14.7 Å². The molecule has 0 spiro atoms. The van der Waals surface area contributed by atoms with Gasteiger partial charge in [0.25, 0.3) is 11.8 Å². The summed E-state index contributed by atoms with van der Waals surface area (Å²) < 4.78 is 0. The van der Waals surface area contributed by atoms with Gasteiger partial charge >= 0.3 is 0 Å². The summed E-state index contributed by atoms with van der Waals surface area (Å²) in [5.74, 6) is -0.301. The fourth-order valence-corrected chi connectivity index (χ4v) is 2.09. The van der Waals surface area contributed by atoms with Crippen LogP contribution in [0.5, 0.6) is 0 Å². The SMILES string of the molecule is CCN(C)C(=O)c1cccc(C(=O)NCC2(CO)CC2)c1. The molecule has 0 bridgehead atoms. The molecule has 1 aliphatic carbocycles. The number of rotatable bonds is 6. The molecular formula is C16H22N2O3. The highest BCUT2D eigenvalue weighted by Crippen LogP contribution is 2.44. The first kappa shape index (κ1) is 15.5. The molecule has 21 heavy (non-hydrogen) atoms. The molecule has 2 N–H and O–H groups in total. The number of hydrogen-bond acceptors (Lipinski definition) is 3. The molecular weight excluding hydrogens is 268 g/mol. The Hall–Kier alpha value is -1.88. The van der Waals surface area contributed by atoms with Gasteiger partial charge in [-0.25, -0.2) is 0 Å². The van der Waals surface area contributed by atoms with E-state index in [1.807, 2.05) is 6.92 Å². The summed E-state index contributed by atoms with van der Waals surface area (Å²) in [5, 5.41) is 12.1. The molecule has 1 saturated carbocycles. The number of carbonyl (C=O) groups is 2. The lowest BCUT2D eigenvalue weighted by molar-refractivity contribution is 0.0802. The van der Waals surface area contributed by atoms with Gasteiger partial charge in [-0.3, -0.25) is 9.59 Å². The Bertz CT molecular complexity index is 538. The quantitative estimate of drug-likeness (QED) is 0.829. The Morgan fingerprint density at radius 3 is 2.57 bits per heavy atom. The van der Waals surface area contributed by atoms with Gasteiger partial charge in [0.05, 0.1) is 6.61 Å². The normalized spacial score (nSPS) is 15.4. The number of amides is 2. The Labute approximate surface area is 125 Å². The number of carbonyl (C=O) groups excluding carboxylic acids is 2. The molecule has 114 valence electrons. The van der Waals surface area contributed by atoms with Crippen LogP contribution in [0.2, 0.25) is 0 Å². The van der Waals surface area contributed by atoms with Gasteiger partial charge in [0.2, 0.25) is 0 Å². The highest BCUT2D eigenvalue weighted by Gasteiger charge is 2.42. The second kappa shape index (κ2) is 6.26. The van der Waals surface area contributed by atoms with E-state index in [-0.39, 0.29) is 23.8 Å². The summed E-state index contributed by atoms with van der Waals surface area (Å²) in [4.78, 5) is 25.8. The van der Waals surface area contributed by atoms with E-state index in [1.165, 1.54) is 0 Å². The maximum atomic E-state index is 12.1. The standard InChI is InChI=1S/C16H22N2O3/c1-3-18(2)15(21)13-6-4-5-12(9-13)14(20)17-10-16(11-19)7-8-16/h4-6,9,19H,3,7-8,10-11H2,1-2H3,(H,17,20). The second-order valence-electron chi connectivity index (χ2n) is 5.74. The third kappa shape index (κ3) is 3.61. The van der Waals surface area contributed by atoms with Crippen molar-refractivity contribution in [2.24, 2.45) is 5.41 Å². The van der Waals surface area contributed by atoms with Gasteiger partial charge in [-0.1, -0.05) is 6.07 Å². The minimum absolute atomic E-state index is 0.0961. The summed E-state index contributed by atoms with van der Waals surface area (Å²) in [6, 6.07) is 6.73. The molecule has 0 unspecified atom stereocenters. The molecule has 1 aromatic carbocycles. The minimum Gasteiger partial charge on any atom is -0.396 e. The summed E-state index contributed by atoms with van der Waals surface area (Å²) in [7, 11) is 1.73. The lowest BCUT2D eigenvalue weighted by atomic mass is 10.1. The summed E-state index contributed by atoms with van der Waals surface area (Å²) in [6.45, 7) is 3.11. The van der Waals surface area contributed by atoms with Crippen molar-refractivity contribution >= 4 is 11.8 Å². The van der Waals surface area contributed by atoms with Crippen molar-refractivity contribution in [2.45, 2.75) is 19.8 Å². The molecule has 1 aromatic rings. The van der Waals surface area contributed by atoms with Crippen LogP contribution in [0.4, 0.5) is 0 Å². The van der Waals surface area contributed by atoms with E-state index in [0.29, 0.717) is 24.2 Å². The van der Waals surface area contributed by atoms with Crippen LogP contribution in [-0.4, -0.2) is 48.6 Å². The highest BCUT2D eigenvalue weighted by molar-refractivity contribution is 5.99. The molecule has 0 aliphatic heterocycles. The van der Waals surface area contributed by atoms with Crippen molar-refractivity contribution in [3.8, 4) is 0 Å². The van der Waals surface area contributed by atoms with Crippen molar-refractivity contribution in [1.29, 1.82) is 0 Å². The van der Waals surface area contributed by atoms with E-state index in [4.69, 9.17) is 0 Å². The van der Waals surface area contributed by atoms with Gasteiger partial charge < -0.3 is 15.3 Å². The molecule has 1 fully saturated rings. The maximum Gasteiger partial charge on any atom is 0.253 e. The molecule has 5 nitrogen and oxygen atoms in total. The van der Waals surface area contributed by atoms with E-state index in [2.05, 4.69) is 5.32 Å². The van der Waals surface area contributed by atoms with Crippen molar-refractivity contribution in [3.63, 3.8) is 0 Å². The Kier molecular flexibility index (Phi) is 4.63. The molecule has 2 rings (SSSR count). The molecule has 0 atom stereocenters. The summed E-state index contributed by atoms with van der Waals surface area (Å²) in [5.41, 5.74) is 0.861. The number of aliphatic hydroxyl groups is 1. The number of benzene rings is 1. The van der Waals surface area contributed by atoms with Crippen LogP contribution in [0.1, 0.15) is 40.5 Å². The Morgan fingerprint density at radius 2 is 2.00 bits per heavy atom. The third-order valence-corrected chi connectivity index (χ3v) is 4.11. The molecule has 5 heteroatoms. The lowest BCUT2D eigenvalue weighted by Crippen LogP contribution is -2.32. The molecule has 1 aliphatic rings. The summed E-state index contributed by atoms with van der Waals surface area (Å²) >= 11 is 0. The van der Waals surface area contributed by atoms with Gasteiger partial charge in [-0.15, -0.1) is 0 Å². The predicted octanol–water partition coefficient (Wildman–Crippen LogP) is 1.28. The lowest BCUT2D eigenvalue weighted by Gasteiger charge is -2.15. The number of aliphatic hydroxyl groups excluding tert-OH is 1. The van der Waals surface area contributed by atoms with Crippen LogP contribution >= 0.6 is 0 Å². The van der Waals surface area contributed by atoms with E-state index < -0.39 is 0 Å². The Balaban J connectivity index is 2.03. The van der Waals surface area contributed by atoms with Crippen molar-refractivity contribution in [2.75, 3.05) is 26.7 Å². The van der Waals surface area contributed by atoms with Crippen molar-refractivity contribution in [1.82, 2.24) is 10.2 Å². The van der Waals surface area contributed by atoms with Crippen LogP contribution in [0.3, 0.4) is 0 Å². The van der Waals surface area contributed by atoms with Gasteiger partial charge in [-0.2, -0.15) is 0 Å². The van der Waals surface area contributed by atoms with Crippen molar-refractivity contribution in [3.05, 3.63) is 35.4 Å². The molecule has 2 amide bonds. The maximum absolute atomic E-state index is 12.1. The minimum atomic E-state index is -0.205. The number of nitrogens with zero attached hydrogens (tertiary/aromatic N) is 1. The van der Waals surface area contributed by atoms with Crippen LogP contribution in [0, 0.1) is 5.41 Å². The topological polar surface area (TPSA) is 69.6 Å². The van der Waals surface area contributed by atoms with Crippen LogP contribution in [0.15, 0.2) is 24.3 Å². The average molecular weight is 290 g/mol. The fraction of sp³-hybridized carbons (Fsp3) is 0.500.